The highest BCUT2D eigenvalue weighted by atomic mass is 35.5. The van der Waals surface area contributed by atoms with Crippen molar-refractivity contribution in [1.82, 2.24) is 20.1 Å². The molecule has 36 heavy (non-hydrogen) atoms. The lowest BCUT2D eigenvalue weighted by molar-refractivity contribution is -0.121. The molecule has 0 bridgehead atoms. The number of hydrogen-bond acceptors (Lipinski definition) is 4. The second kappa shape index (κ2) is 13.5. The molecule has 0 aliphatic heterocycles. The van der Waals surface area contributed by atoms with Crippen LogP contribution in [0.1, 0.15) is 36.2 Å². The SMILES string of the molecule is O=C(CCCCSc1nnc(Cc2ccccc2)n1-c1ccccc1)NCCc1ccc(Cl)cc1Cl. The number of hydrogen-bond donors (Lipinski definition) is 1. The Labute approximate surface area is 226 Å². The molecule has 186 valence electrons. The summed E-state index contributed by atoms with van der Waals surface area (Å²) in [7, 11) is 0. The number of unbranched alkanes of at least 4 members (excludes halogenated alkanes) is 1. The van der Waals surface area contributed by atoms with E-state index in [9.17, 15) is 4.79 Å². The summed E-state index contributed by atoms with van der Waals surface area (Å²) in [5, 5.41) is 14.1. The van der Waals surface area contributed by atoms with Gasteiger partial charge in [-0.2, -0.15) is 0 Å². The number of carbonyl (C=O) groups is 1. The van der Waals surface area contributed by atoms with Gasteiger partial charge in [0.2, 0.25) is 5.91 Å². The van der Waals surface area contributed by atoms with E-state index in [0.717, 1.165) is 40.8 Å². The van der Waals surface area contributed by atoms with Crippen LogP contribution in [0.2, 0.25) is 10.0 Å². The van der Waals surface area contributed by atoms with Crippen LogP contribution in [0.4, 0.5) is 0 Å². The van der Waals surface area contributed by atoms with Crippen molar-refractivity contribution in [2.24, 2.45) is 0 Å². The molecule has 1 N–H and O–H groups in total. The van der Waals surface area contributed by atoms with E-state index >= 15 is 0 Å². The number of carbonyl (C=O) groups excluding carboxylic acids is 1. The molecule has 1 aromatic heterocycles. The van der Waals surface area contributed by atoms with Gasteiger partial charge in [-0.15, -0.1) is 10.2 Å². The molecular formula is C28H28Cl2N4OS. The normalized spacial score (nSPS) is 10.9. The highest BCUT2D eigenvalue weighted by molar-refractivity contribution is 7.99. The fourth-order valence-electron chi connectivity index (χ4n) is 3.82. The van der Waals surface area contributed by atoms with Crippen molar-refractivity contribution in [1.29, 1.82) is 0 Å². The zero-order valence-electron chi connectivity index (χ0n) is 19.9. The van der Waals surface area contributed by atoms with Crippen LogP contribution < -0.4 is 5.32 Å². The van der Waals surface area contributed by atoms with Crippen LogP contribution in [-0.2, 0) is 17.6 Å². The summed E-state index contributed by atoms with van der Waals surface area (Å²) in [6.45, 7) is 0.555. The molecule has 0 unspecified atom stereocenters. The highest BCUT2D eigenvalue weighted by Gasteiger charge is 2.15. The second-order valence-electron chi connectivity index (χ2n) is 8.37. The van der Waals surface area contributed by atoms with Crippen molar-refractivity contribution in [2.75, 3.05) is 12.3 Å². The Morgan fingerprint density at radius 1 is 0.917 bits per heavy atom. The Kier molecular flexibility index (Phi) is 9.84. The minimum Gasteiger partial charge on any atom is -0.356 e. The topological polar surface area (TPSA) is 59.8 Å². The molecule has 0 spiro atoms. The first-order chi connectivity index (χ1) is 17.6. The van der Waals surface area contributed by atoms with Crippen molar-refractivity contribution < 1.29 is 4.79 Å². The van der Waals surface area contributed by atoms with Gasteiger partial charge in [-0.05, 0) is 54.7 Å². The van der Waals surface area contributed by atoms with Gasteiger partial charge in [0.15, 0.2) is 5.16 Å². The first-order valence-corrected chi connectivity index (χ1v) is 13.7. The maximum atomic E-state index is 12.2. The monoisotopic (exact) mass is 538 g/mol. The standard InChI is InChI=1S/C28H28Cl2N4OS/c29-23-15-14-22(25(30)20-23)16-17-31-27(35)13-7-8-18-36-28-33-32-26(19-21-9-3-1-4-10-21)34(28)24-11-5-2-6-12-24/h1-6,9-12,14-15,20H,7-8,13,16-19H2,(H,31,35). The van der Waals surface area contributed by atoms with E-state index in [-0.39, 0.29) is 5.91 Å². The second-order valence-corrected chi connectivity index (χ2v) is 10.3. The Morgan fingerprint density at radius 2 is 1.67 bits per heavy atom. The average Bonchev–Trinajstić information content (AvgIpc) is 3.28. The summed E-state index contributed by atoms with van der Waals surface area (Å²) in [6.07, 6.45) is 3.62. The predicted molar refractivity (Wildman–Crippen MR) is 148 cm³/mol. The Bertz CT molecular complexity index is 1270. The lowest BCUT2D eigenvalue weighted by atomic mass is 10.1. The number of amides is 1. The third kappa shape index (κ3) is 7.60. The van der Waals surface area contributed by atoms with E-state index in [0.29, 0.717) is 35.9 Å². The Hall–Kier alpha value is -2.80. The minimum absolute atomic E-state index is 0.0580. The van der Waals surface area contributed by atoms with Crippen molar-refractivity contribution in [2.45, 2.75) is 37.3 Å². The summed E-state index contributed by atoms with van der Waals surface area (Å²) in [4.78, 5) is 12.2. The van der Waals surface area contributed by atoms with Gasteiger partial charge in [0.05, 0.1) is 0 Å². The van der Waals surface area contributed by atoms with E-state index in [1.54, 1.807) is 17.8 Å². The van der Waals surface area contributed by atoms with Crippen LogP contribution in [0.3, 0.4) is 0 Å². The third-order valence-corrected chi connectivity index (χ3v) is 7.28. The first kappa shape index (κ1) is 26.3. The Balaban J connectivity index is 1.25. The number of aromatic nitrogens is 3. The number of benzene rings is 3. The van der Waals surface area contributed by atoms with Gasteiger partial charge in [-0.3, -0.25) is 9.36 Å². The first-order valence-electron chi connectivity index (χ1n) is 12.0. The average molecular weight is 540 g/mol. The van der Waals surface area contributed by atoms with Crippen molar-refractivity contribution >= 4 is 40.9 Å². The van der Waals surface area contributed by atoms with E-state index < -0.39 is 0 Å². The molecule has 0 saturated heterocycles. The molecule has 0 atom stereocenters. The quantitative estimate of drug-likeness (QED) is 0.159. The van der Waals surface area contributed by atoms with Gasteiger partial charge in [0.1, 0.15) is 5.82 Å². The molecule has 0 radical (unpaired) electrons. The van der Waals surface area contributed by atoms with Gasteiger partial charge in [0, 0.05) is 40.9 Å². The van der Waals surface area contributed by atoms with Gasteiger partial charge in [-0.25, -0.2) is 0 Å². The van der Waals surface area contributed by atoms with Gasteiger partial charge >= 0.3 is 0 Å². The maximum Gasteiger partial charge on any atom is 0.220 e. The lowest BCUT2D eigenvalue weighted by Crippen LogP contribution is -2.25. The summed E-state index contributed by atoms with van der Waals surface area (Å²) in [6, 6.07) is 25.9. The highest BCUT2D eigenvalue weighted by Crippen LogP contribution is 2.25. The predicted octanol–water partition coefficient (Wildman–Crippen LogP) is 6.79. The van der Waals surface area contributed by atoms with Crippen molar-refractivity contribution in [3.05, 3.63) is 106 Å². The fourth-order valence-corrected chi connectivity index (χ4v) is 5.30. The fraction of sp³-hybridized carbons (Fsp3) is 0.250. The molecule has 0 fully saturated rings. The largest absolute Gasteiger partial charge is 0.356 e. The van der Waals surface area contributed by atoms with Gasteiger partial charge < -0.3 is 5.32 Å². The Morgan fingerprint density at radius 3 is 2.42 bits per heavy atom. The van der Waals surface area contributed by atoms with Gasteiger partial charge in [0.25, 0.3) is 0 Å². The lowest BCUT2D eigenvalue weighted by Gasteiger charge is -2.10. The third-order valence-electron chi connectivity index (χ3n) is 5.68. The summed E-state index contributed by atoms with van der Waals surface area (Å²) in [5.74, 6) is 1.84. The number of nitrogens with one attached hydrogen (secondary N) is 1. The van der Waals surface area contributed by atoms with E-state index in [2.05, 4.69) is 44.3 Å². The smallest absolute Gasteiger partial charge is 0.220 e. The summed E-state index contributed by atoms with van der Waals surface area (Å²) >= 11 is 13.8. The van der Waals surface area contributed by atoms with E-state index in [1.807, 2.05) is 48.5 Å². The van der Waals surface area contributed by atoms with Crippen LogP contribution in [0.25, 0.3) is 5.69 Å². The van der Waals surface area contributed by atoms with E-state index in [1.165, 1.54) is 5.56 Å². The van der Waals surface area contributed by atoms with Crippen molar-refractivity contribution in [3.63, 3.8) is 0 Å². The maximum absolute atomic E-state index is 12.2. The van der Waals surface area contributed by atoms with Crippen LogP contribution in [0, 0.1) is 0 Å². The zero-order valence-corrected chi connectivity index (χ0v) is 22.2. The van der Waals surface area contributed by atoms with E-state index in [4.69, 9.17) is 23.2 Å². The van der Waals surface area contributed by atoms with Crippen molar-refractivity contribution in [3.8, 4) is 5.69 Å². The molecule has 0 aliphatic rings. The molecule has 0 aliphatic carbocycles. The number of para-hydroxylation sites is 1. The van der Waals surface area contributed by atoms with Crippen LogP contribution in [0.5, 0.6) is 0 Å². The molecular weight excluding hydrogens is 511 g/mol. The molecule has 5 nitrogen and oxygen atoms in total. The number of nitrogens with zero attached hydrogens (tertiary/aromatic N) is 3. The molecule has 4 aromatic rings. The minimum atomic E-state index is 0.0580. The molecule has 1 amide bonds. The van der Waals surface area contributed by atoms with Gasteiger partial charge in [-0.1, -0.05) is 89.6 Å². The van der Waals surface area contributed by atoms with Crippen LogP contribution in [0.15, 0.2) is 84.0 Å². The molecule has 3 aromatic carbocycles. The number of thioether (sulfide) groups is 1. The molecule has 8 heteroatoms. The zero-order chi connectivity index (χ0) is 25.2. The van der Waals surface area contributed by atoms with Crippen LogP contribution >= 0.6 is 35.0 Å². The summed E-state index contributed by atoms with van der Waals surface area (Å²) in [5.41, 5.74) is 3.23. The van der Waals surface area contributed by atoms with Crippen LogP contribution in [-0.4, -0.2) is 33.0 Å². The number of halogens is 2. The molecule has 0 saturated carbocycles. The number of rotatable bonds is 12. The summed E-state index contributed by atoms with van der Waals surface area (Å²) < 4.78 is 2.13. The molecule has 4 rings (SSSR count). The molecule has 1 heterocycles.